The molecule has 3 aromatic carbocycles. The second-order valence-corrected chi connectivity index (χ2v) is 9.29. The number of halogens is 1. The standard InChI is InChI=1S/C29H26ClNO6/c1-16-13-23-20(15-21(16)30)27(32)25-26(18-6-8-19(34-2)9-7-18)31(29(33)28(25)37-23)12-11-17-5-10-22(35-3)24(14-17)36-4/h5-10,13-15,26H,11-12H2,1-4H3/t26-/m1/s1. The van der Waals surface area contributed by atoms with Gasteiger partial charge in [-0.05, 0) is 66.4 Å². The number of fused-ring (bicyclic) bond motifs is 2. The SMILES string of the molecule is COc1ccc([C@@H]2c3c(oc4cc(C)c(Cl)cc4c3=O)C(=O)N2CCc2ccc(OC)c(OC)c2)cc1. The number of hydrogen-bond donors (Lipinski definition) is 0. The van der Waals surface area contributed by atoms with Crippen LogP contribution in [0.1, 0.15) is 38.9 Å². The minimum Gasteiger partial charge on any atom is -0.497 e. The van der Waals surface area contributed by atoms with Gasteiger partial charge >= 0.3 is 0 Å². The minimum atomic E-state index is -0.616. The molecular formula is C29H26ClNO6. The summed E-state index contributed by atoms with van der Waals surface area (Å²) >= 11 is 6.33. The Bertz CT molecular complexity index is 1560. The van der Waals surface area contributed by atoms with Gasteiger partial charge in [0, 0.05) is 11.6 Å². The van der Waals surface area contributed by atoms with Gasteiger partial charge in [0.15, 0.2) is 16.9 Å². The minimum absolute atomic E-state index is 0.0624. The molecule has 0 spiro atoms. The predicted molar refractivity (Wildman–Crippen MR) is 141 cm³/mol. The lowest BCUT2D eigenvalue weighted by Crippen LogP contribution is -2.31. The van der Waals surface area contributed by atoms with Crippen LogP contribution in [0.4, 0.5) is 0 Å². The van der Waals surface area contributed by atoms with Gasteiger partial charge in [-0.2, -0.15) is 0 Å². The summed E-state index contributed by atoms with van der Waals surface area (Å²) in [5.41, 5.74) is 2.90. The van der Waals surface area contributed by atoms with Crippen molar-refractivity contribution in [2.75, 3.05) is 27.9 Å². The molecule has 0 aliphatic carbocycles. The third-order valence-corrected chi connectivity index (χ3v) is 7.18. The first-order valence-corrected chi connectivity index (χ1v) is 12.2. The Morgan fingerprint density at radius 2 is 1.65 bits per heavy atom. The van der Waals surface area contributed by atoms with Gasteiger partial charge in [-0.25, -0.2) is 0 Å². The van der Waals surface area contributed by atoms with Crippen molar-refractivity contribution in [2.45, 2.75) is 19.4 Å². The van der Waals surface area contributed by atoms with Gasteiger partial charge in [0.1, 0.15) is 11.3 Å². The fourth-order valence-corrected chi connectivity index (χ4v) is 4.95. The summed E-state index contributed by atoms with van der Waals surface area (Å²) in [6, 6.07) is 15.7. The van der Waals surface area contributed by atoms with Gasteiger partial charge in [-0.15, -0.1) is 0 Å². The molecule has 0 saturated carbocycles. The van der Waals surface area contributed by atoms with Crippen molar-refractivity contribution in [1.29, 1.82) is 0 Å². The average Bonchev–Trinajstić information content (AvgIpc) is 3.19. The zero-order chi connectivity index (χ0) is 26.3. The quantitative estimate of drug-likeness (QED) is 0.318. The van der Waals surface area contributed by atoms with Crippen LogP contribution in [0.15, 0.2) is 63.8 Å². The average molecular weight is 520 g/mol. The predicted octanol–water partition coefficient (Wildman–Crippen LogP) is 5.57. The molecule has 1 atom stereocenters. The molecule has 0 radical (unpaired) electrons. The lowest BCUT2D eigenvalue weighted by atomic mass is 9.98. The lowest BCUT2D eigenvalue weighted by Gasteiger charge is -2.25. The smallest absolute Gasteiger partial charge is 0.290 e. The molecule has 190 valence electrons. The molecule has 1 aliphatic rings. The van der Waals surface area contributed by atoms with Crippen molar-refractivity contribution in [3.05, 3.63) is 97.9 Å². The summed E-state index contributed by atoms with van der Waals surface area (Å²) in [5.74, 6) is 1.65. The third kappa shape index (κ3) is 4.29. The Balaban J connectivity index is 1.60. The molecule has 7 nitrogen and oxygen atoms in total. The molecule has 0 unspecified atom stereocenters. The summed E-state index contributed by atoms with van der Waals surface area (Å²) in [6.45, 7) is 2.18. The monoisotopic (exact) mass is 519 g/mol. The highest BCUT2D eigenvalue weighted by Gasteiger charge is 2.42. The summed E-state index contributed by atoms with van der Waals surface area (Å²) in [7, 11) is 4.75. The lowest BCUT2D eigenvalue weighted by molar-refractivity contribution is 0.0730. The maximum Gasteiger partial charge on any atom is 0.290 e. The van der Waals surface area contributed by atoms with Crippen molar-refractivity contribution < 1.29 is 23.4 Å². The third-order valence-electron chi connectivity index (χ3n) is 6.77. The zero-order valence-corrected chi connectivity index (χ0v) is 21.7. The highest BCUT2D eigenvalue weighted by molar-refractivity contribution is 6.32. The van der Waals surface area contributed by atoms with Gasteiger partial charge in [0.25, 0.3) is 5.91 Å². The van der Waals surface area contributed by atoms with Crippen LogP contribution in [-0.2, 0) is 6.42 Å². The first-order valence-electron chi connectivity index (χ1n) is 11.8. The van der Waals surface area contributed by atoms with Crippen LogP contribution in [0.5, 0.6) is 17.2 Å². The summed E-state index contributed by atoms with van der Waals surface area (Å²) < 4.78 is 22.1. The Hall–Kier alpha value is -3.97. The summed E-state index contributed by atoms with van der Waals surface area (Å²) in [6.07, 6.45) is 0.533. The first-order chi connectivity index (χ1) is 17.9. The molecule has 37 heavy (non-hydrogen) atoms. The van der Waals surface area contributed by atoms with E-state index >= 15 is 0 Å². The number of rotatable bonds is 7. The maximum atomic E-state index is 13.8. The molecule has 1 aliphatic heterocycles. The van der Waals surface area contributed by atoms with E-state index in [2.05, 4.69) is 0 Å². The van der Waals surface area contributed by atoms with Crippen molar-refractivity contribution in [1.82, 2.24) is 4.90 Å². The highest BCUT2D eigenvalue weighted by atomic mass is 35.5. The van der Waals surface area contributed by atoms with E-state index in [0.717, 1.165) is 16.7 Å². The molecule has 5 rings (SSSR count). The molecule has 4 aromatic rings. The number of carbonyl (C=O) groups is 1. The molecule has 0 saturated heterocycles. The molecule has 0 N–H and O–H groups in total. The van der Waals surface area contributed by atoms with Crippen LogP contribution in [0, 0.1) is 6.92 Å². The molecule has 0 fully saturated rings. The van der Waals surface area contributed by atoms with E-state index in [0.29, 0.717) is 51.8 Å². The number of ether oxygens (including phenoxy) is 3. The van der Waals surface area contributed by atoms with Gasteiger partial charge in [-0.3, -0.25) is 9.59 Å². The van der Waals surface area contributed by atoms with Gasteiger partial charge < -0.3 is 23.5 Å². The normalized spacial score (nSPS) is 14.7. The molecule has 1 amide bonds. The largest absolute Gasteiger partial charge is 0.497 e. The van der Waals surface area contributed by atoms with Crippen LogP contribution < -0.4 is 19.6 Å². The summed E-state index contributed by atoms with van der Waals surface area (Å²) in [4.78, 5) is 29.1. The number of carbonyl (C=O) groups excluding carboxylic acids is 1. The Labute approximate surface area is 219 Å². The van der Waals surface area contributed by atoms with Crippen LogP contribution in [0.2, 0.25) is 5.02 Å². The van der Waals surface area contributed by atoms with Crippen molar-refractivity contribution in [3.8, 4) is 17.2 Å². The van der Waals surface area contributed by atoms with E-state index in [9.17, 15) is 9.59 Å². The molecule has 1 aromatic heterocycles. The number of hydrogen-bond acceptors (Lipinski definition) is 6. The van der Waals surface area contributed by atoms with Crippen molar-refractivity contribution in [2.24, 2.45) is 0 Å². The van der Waals surface area contributed by atoms with Crippen LogP contribution in [0.25, 0.3) is 11.0 Å². The Morgan fingerprint density at radius 3 is 2.32 bits per heavy atom. The van der Waals surface area contributed by atoms with Gasteiger partial charge in [0.2, 0.25) is 5.76 Å². The highest BCUT2D eigenvalue weighted by Crippen LogP contribution is 2.39. The second-order valence-electron chi connectivity index (χ2n) is 8.89. The van der Waals surface area contributed by atoms with Gasteiger partial charge in [0.05, 0.1) is 38.3 Å². The number of amides is 1. The van der Waals surface area contributed by atoms with E-state index in [1.807, 2.05) is 49.4 Å². The van der Waals surface area contributed by atoms with Crippen LogP contribution in [-0.4, -0.2) is 38.7 Å². The fraction of sp³-hybridized carbons (Fsp3) is 0.241. The molecule has 0 bridgehead atoms. The van der Waals surface area contributed by atoms with Crippen LogP contribution in [0.3, 0.4) is 0 Å². The Kier molecular flexibility index (Phi) is 6.56. The Morgan fingerprint density at radius 1 is 0.919 bits per heavy atom. The number of methoxy groups -OCH3 is 3. The first kappa shape index (κ1) is 24.7. The molecular weight excluding hydrogens is 494 g/mol. The van der Waals surface area contributed by atoms with Crippen molar-refractivity contribution in [3.63, 3.8) is 0 Å². The maximum absolute atomic E-state index is 13.8. The van der Waals surface area contributed by atoms with Crippen molar-refractivity contribution >= 4 is 28.5 Å². The number of aryl methyl sites for hydroxylation is 1. The molecule has 8 heteroatoms. The summed E-state index contributed by atoms with van der Waals surface area (Å²) in [5, 5.41) is 0.817. The van der Waals surface area contributed by atoms with Crippen LogP contribution >= 0.6 is 11.6 Å². The van der Waals surface area contributed by atoms with E-state index in [1.165, 1.54) is 0 Å². The van der Waals surface area contributed by atoms with E-state index in [-0.39, 0.29) is 17.1 Å². The second kappa shape index (κ2) is 9.82. The van der Waals surface area contributed by atoms with E-state index in [1.54, 1.807) is 38.4 Å². The van der Waals surface area contributed by atoms with E-state index in [4.69, 9.17) is 30.2 Å². The number of nitrogens with zero attached hydrogens (tertiary/aromatic N) is 1. The van der Waals surface area contributed by atoms with E-state index < -0.39 is 6.04 Å². The number of benzene rings is 3. The molecule has 2 heterocycles. The van der Waals surface area contributed by atoms with Gasteiger partial charge in [-0.1, -0.05) is 29.8 Å². The topological polar surface area (TPSA) is 78.2 Å². The fourth-order valence-electron chi connectivity index (χ4n) is 4.79. The zero-order valence-electron chi connectivity index (χ0n) is 21.0.